The van der Waals surface area contributed by atoms with E-state index in [1.54, 1.807) is 6.92 Å². The summed E-state index contributed by atoms with van der Waals surface area (Å²) in [5.41, 5.74) is -2.34. The van der Waals surface area contributed by atoms with Gasteiger partial charge in [-0.25, -0.2) is 4.79 Å². The summed E-state index contributed by atoms with van der Waals surface area (Å²) in [6.45, 7) is 8.04. The first-order valence-electron chi connectivity index (χ1n) is 11.4. The fraction of sp³-hybridized carbons (Fsp3) is 0.720. The molecular weight excluding hydrogens is 412 g/mol. The predicted octanol–water partition coefficient (Wildman–Crippen LogP) is 3.98. The lowest BCUT2D eigenvalue weighted by Crippen LogP contribution is -2.48. The second-order valence-corrected chi connectivity index (χ2v) is 10.2. The van der Waals surface area contributed by atoms with Crippen molar-refractivity contribution < 1.29 is 34.0 Å². The molecule has 180 valence electrons. The molecule has 2 N–H and O–H groups in total. The van der Waals surface area contributed by atoms with E-state index >= 15 is 0 Å². The lowest BCUT2D eigenvalue weighted by molar-refractivity contribution is -0.109. The summed E-state index contributed by atoms with van der Waals surface area (Å²) in [5, 5.41) is 23.0. The van der Waals surface area contributed by atoms with Crippen LogP contribution in [0.15, 0.2) is 12.1 Å². The Labute approximate surface area is 191 Å². The average molecular weight is 451 g/mol. The number of carbonyl (C=O) groups is 1. The van der Waals surface area contributed by atoms with Crippen LogP contribution in [-0.2, 0) is 4.74 Å². The van der Waals surface area contributed by atoms with Crippen LogP contribution in [0.25, 0.3) is 0 Å². The van der Waals surface area contributed by atoms with Crippen molar-refractivity contribution in [2.45, 2.75) is 77.1 Å². The number of hydrogen-bond donors (Lipinski definition) is 2. The Hall–Kier alpha value is -1.99. The zero-order chi connectivity index (χ0) is 23.9. The van der Waals surface area contributed by atoms with Crippen LogP contribution in [0, 0.1) is 17.3 Å². The quantitative estimate of drug-likeness (QED) is 0.633. The van der Waals surface area contributed by atoms with Gasteiger partial charge < -0.3 is 29.2 Å². The molecule has 0 aromatic heterocycles. The molecule has 0 heterocycles. The van der Waals surface area contributed by atoms with Gasteiger partial charge in [0.15, 0.2) is 11.5 Å². The number of carbonyl (C=O) groups excluding carboxylic acids is 1. The summed E-state index contributed by atoms with van der Waals surface area (Å²) < 4.78 is 21.9. The number of ether oxygens (including phenoxy) is 4. The number of esters is 1. The van der Waals surface area contributed by atoms with Gasteiger partial charge in [0.25, 0.3) is 0 Å². The van der Waals surface area contributed by atoms with Crippen molar-refractivity contribution in [3.05, 3.63) is 17.7 Å². The number of hydrogen-bond acceptors (Lipinski definition) is 7. The minimum Gasteiger partial charge on any atom is -0.493 e. The molecule has 0 bridgehead atoms. The normalized spacial score (nSPS) is 34.6. The molecule has 0 spiro atoms. The second kappa shape index (κ2) is 8.75. The molecule has 5 atom stereocenters. The van der Waals surface area contributed by atoms with E-state index in [2.05, 4.69) is 20.8 Å². The molecule has 3 rings (SSSR count). The average Bonchev–Trinajstić information content (AvgIpc) is 2.97. The molecule has 1 aromatic carbocycles. The monoisotopic (exact) mass is 450 g/mol. The highest BCUT2D eigenvalue weighted by Gasteiger charge is 2.61. The number of rotatable bonds is 6. The van der Waals surface area contributed by atoms with Gasteiger partial charge in [0, 0.05) is 5.41 Å². The molecule has 0 aliphatic heterocycles. The Morgan fingerprint density at radius 3 is 2.09 bits per heavy atom. The van der Waals surface area contributed by atoms with Crippen molar-refractivity contribution in [1.29, 1.82) is 0 Å². The third kappa shape index (κ3) is 4.05. The van der Waals surface area contributed by atoms with Crippen LogP contribution in [0.4, 0.5) is 0 Å². The topological polar surface area (TPSA) is 94.5 Å². The summed E-state index contributed by atoms with van der Waals surface area (Å²) in [6, 6.07) is 3.08. The summed E-state index contributed by atoms with van der Waals surface area (Å²) >= 11 is 0. The molecular formula is C25H38O7. The first-order valence-corrected chi connectivity index (χ1v) is 11.4. The summed E-state index contributed by atoms with van der Waals surface area (Å²) in [7, 11) is 4.46. The van der Waals surface area contributed by atoms with Gasteiger partial charge in [-0.1, -0.05) is 20.8 Å². The molecule has 7 nitrogen and oxygen atoms in total. The van der Waals surface area contributed by atoms with Crippen molar-refractivity contribution in [3.8, 4) is 17.2 Å². The molecule has 0 unspecified atom stereocenters. The third-order valence-corrected chi connectivity index (χ3v) is 7.96. The standard InChI is InChI=1S/C25H38O7/c1-15(2)17-8-9-23(3)14-20(24(4,27)10-11-25(17,23)28)32-22(26)16-12-18(29-5)21(31-7)19(13-16)30-6/h12-13,15,17,20,27-28H,8-11,14H2,1-7H3/t17-,20+,23-,24-,25+/m1/s1. The maximum atomic E-state index is 13.1. The maximum absolute atomic E-state index is 13.1. The molecule has 2 aliphatic rings. The highest BCUT2D eigenvalue weighted by molar-refractivity contribution is 5.91. The van der Waals surface area contributed by atoms with Gasteiger partial charge in [0.1, 0.15) is 6.10 Å². The first-order chi connectivity index (χ1) is 14.9. The molecule has 2 fully saturated rings. The zero-order valence-electron chi connectivity index (χ0n) is 20.4. The van der Waals surface area contributed by atoms with Crippen LogP contribution in [0.5, 0.6) is 17.2 Å². The Morgan fingerprint density at radius 1 is 1.00 bits per heavy atom. The van der Waals surface area contributed by atoms with E-state index in [-0.39, 0.29) is 11.5 Å². The van der Waals surface area contributed by atoms with Gasteiger partial charge in [-0.2, -0.15) is 0 Å². The molecule has 2 aliphatic carbocycles. The van der Waals surface area contributed by atoms with E-state index in [0.29, 0.717) is 42.4 Å². The van der Waals surface area contributed by atoms with E-state index in [1.807, 2.05) is 0 Å². The Bertz CT molecular complexity index is 824. The SMILES string of the molecule is COc1cc(C(=O)O[C@H]2C[C@@]3(C)CC[C@H](C(C)C)[C@@]3(O)CC[C@@]2(C)O)cc(OC)c1OC. The van der Waals surface area contributed by atoms with Crippen molar-refractivity contribution in [3.63, 3.8) is 0 Å². The second-order valence-electron chi connectivity index (χ2n) is 10.2. The minimum absolute atomic E-state index is 0.160. The summed E-state index contributed by atoms with van der Waals surface area (Å²) in [4.78, 5) is 13.1. The molecule has 7 heteroatoms. The molecule has 32 heavy (non-hydrogen) atoms. The van der Waals surface area contributed by atoms with Gasteiger partial charge in [0.05, 0.1) is 38.1 Å². The van der Waals surface area contributed by atoms with Crippen LogP contribution in [0.2, 0.25) is 0 Å². The van der Waals surface area contributed by atoms with E-state index in [1.165, 1.54) is 33.5 Å². The van der Waals surface area contributed by atoms with E-state index in [9.17, 15) is 15.0 Å². The fourth-order valence-electron chi connectivity index (χ4n) is 5.83. The highest BCUT2D eigenvalue weighted by Crippen LogP contribution is 2.59. The lowest BCUT2D eigenvalue weighted by atomic mass is 9.67. The third-order valence-electron chi connectivity index (χ3n) is 7.96. The molecule has 0 saturated heterocycles. The molecule has 1 aromatic rings. The van der Waals surface area contributed by atoms with Crippen LogP contribution in [0.3, 0.4) is 0 Å². The Balaban J connectivity index is 1.91. The van der Waals surface area contributed by atoms with Crippen LogP contribution < -0.4 is 14.2 Å². The zero-order valence-corrected chi connectivity index (χ0v) is 20.4. The van der Waals surface area contributed by atoms with Crippen molar-refractivity contribution in [1.82, 2.24) is 0 Å². The summed E-state index contributed by atoms with van der Waals surface area (Å²) in [6.07, 6.45) is 2.25. The van der Waals surface area contributed by atoms with Crippen LogP contribution in [-0.4, -0.2) is 54.8 Å². The number of aliphatic hydroxyl groups is 2. The maximum Gasteiger partial charge on any atom is 0.338 e. The van der Waals surface area contributed by atoms with Gasteiger partial charge in [0.2, 0.25) is 5.75 Å². The fourth-order valence-corrected chi connectivity index (χ4v) is 5.83. The molecule has 2 saturated carbocycles. The van der Waals surface area contributed by atoms with Crippen molar-refractivity contribution >= 4 is 5.97 Å². The van der Waals surface area contributed by atoms with E-state index in [0.717, 1.165) is 12.8 Å². The largest absolute Gasteiger partial charge is 0.493 e. The predicted molar refractivity (Wildman–Crippen MR) is 120 cm³/mol. The van der Waals surface area contributed by atoms with Gasteiger partial charge in [-0.3, -0.25) is 0 Å². The molecule has 0 amide bonds. The van der Waals surface area contributed by atoms with Crippen molar-refractivity contribution in [2.75, 3.05) is 21.3 Å². The van der Waals surface area contributed by atoms with Crippen molar-refractivity contribution in [2.24, 2.45) is 17.3 Å². The van der Waals surface area contributed by atoms with Crippen LogP contribution in [0.1, 0.15) is 70.2 Å². The minimum atomic E-state index is -1.25. The number of methoxy groups -OCH3 is 3. The Kier molecular flexibility index (Phi) is 6.74. The van der Waals surface area contributed by atoms with Gasteiger partial charge >= 0.3 is 5.97 Å². The Morgan fingerprint density at radius 2 is 1.59 bits per heavy atom. The number of fused-ring (bicyclic) bond motifs is 1. The van der Waals surface area contributed by atoms with Gasteiger partial charge in [-0.15, -0.1) is 0 Å². The summed E-state index contributed by atoms with van der Waals surface area (Å²) in [5.74, 6) is 1.00. The van der Waals surface area contributed by atoms with E-state index in [4.69, 9.17) is 18.9 Å². The van der Waals surface area contributed by atoms with Gasteiger partial charge in [-0.05, 0) is 63.0 Å². The van der Waals surface area contributed by atoms with Crippen LogP contribution >= 0.6 is 0 Å². The number of benzene rings is 1. The highest BCUT2D eigenvalue weighted by atomic mass is 16.6. The van der Waals surface area contributed by atoms with E-state index < -0.39 is 28.7 Å². The molecule has 0 radical (unpaired) electrons. The first kappa shape index (κ1) is 24.6. The lowest BCUT2D eigenvalue weighted by Gasteiger charge is -2.43. The smallest absolute Gasteiger partial charge is 0.338 e.